The van der Waals surface area contributed by atoms with Gasteiger partial charge in [-0.2, -0.15) is 0 Å². The van der Waals surface area contributed by atoms with Gasteiger partial charge in [0.25, 0.3) is 0 Å². The molecular weight excluding hydrogens is 284 g/mol. The molecule has 2 heterocycles. The highest BCUT2D eigenvalue weighted by molar-refractivity contribution is 7.91. The summed E-state index contributed by atoms with van der Waals surface area (Å²) in [5.41, 5.74) is 0. The van der Waals surface area contributed by atoms with Crippen LogP contribution < -0.4 is 10.0 Å². The van der Waals surface area contributed by atoms with Crippen LogP contribution in [0.2, 0.25) is 0 Å². The molecule has 0 atom stereocenters. The summed E-state index contributed by atoms with van der Waals surface area (Å²) >= 11 is 1.28. The maximum atomic E-state index is 11.9. The fraction of sp³-hybridized carbons (Fsp3) is 0.545. The lowest BCUT2D eigenvalue weighted by atomic mass is 10.5. The number of nitrogens with zero attached hydrogens (tertiary/aromatic N) is 2. The molecule has 1 aliphatic heterocycles. The van der Waals surface area contributed by atoms with E-state index in [1.807, 2.05) is 18.9 Å². The lowest BCUT2D eigenvalue weighted by Gasteiger charge is -2.15. The van der Waals surface area contributed by atoms with Crippen LogP contribution in [0.25, 0.3) is 0 Å². The first-order valence-electron chi connectivity index (χ1n) is 6.04. The molecule has 0 aliphatic carbocycles. The van der Waals surface area contributed by atoms with Crippen LogP contribution in [0.4, 0.5) is 0 Å². The lowest BCUT2D eigenvalue weighted by Crippen LogP contribution is -2.40. The summed E-state index contributed by atoms with van der Waals surface area (Å²) in [7, 11) is -1.42. The third-order valence-electron chi connectivity index (χ3n) is 2.74. The first kappa shape index (κ1) is 14.3. The van der Waals surface area contributed by atoms with Crippen molar-refractivity contribution in [3.05, 3.63) is 17.0 Å². The maximum absolute atomic E-state index is 11.9. The zero-order chi connectivity index (χ0) is 13.9. The van der Waals surface area contributed by atoms with Crippen LogP contribution in [0.5, 0.6) is 0 Å². The first-order valence-corrected chi connectivity index (χ1v) is 8.34. The van der Waals surface area contributed by atoms with Gasteiger partial charge in [0.1, 0.15) is 4.21 Å². The van der Waals surface area contributed by atoms with Gasteiger partial charge in [-0.15, -0.1) is 11.3 Å². The van der Waals surface area contributed by atoms with E-state index in [2.05, 4.69) is 15.0 Å². The van der Waals surface area contributed by atoms with E-state index in [1.54, 1.807) is 12.1 Å². The van der Waals surface area contributed by atoms with Gasteiger partial charge in [-0.05, 0) is 19.1 Å². The average molecular weight is 302 g/mol. The highest BCUT2D eigenvalue weighted by Gasteiger charge is 2.16. The number of likely N-dealkylation sites (N-methyl/N-ethyl adjacent to an activating group) is 1. The van der Waals surface area contributed by atoms with Crippen molar-refractivity contribution in [2.75, 3.05) is 33.2 Å². The number of hydrogen-bond donors (Lipinski definition) is 2. The Balaban J connectivity index is 1.79. The quantitative estimate of drug-likeness (QED) is 0.764. The molecule has 1 aromatic heterocycles. The second-order valence-corrected chi connectivity index (χ2v) is 7.60. The molecule has 6 nitrogen and oxygen atoms in total. The Kier molecular flexibility index (Phi) is 4.43. The fourth-order valence-corrected chi connectivity index (χ4v) is 4.07. The van der Waals surface area contributed by atoms with Gasteiger partial charge in [-0.25, -0.2) is 13.1 Å². The van der Waals surface area contributed by atoms with Crippen molar-refractivity contribution in [3.63, 3.8) is 0 Å². The molecule has 0 aromatic carbocycles. The zero-order valence-corrected chi connectivity index (χ0v) is 12.6. The molecule has 19 heavy (non-hydrogen) atoms. The molecule has 2 N–H and O–H groups in total. The molecule has 0 spiro atoms. The second kappa shape index (κ2) is 5.89. The van der Waals surface area contributed by atoms with E-state index < -0.39 is 10.0 Å². The molecule has 1 aromatic rings. The molecule has 1 aliphatic rings. The van der Waals surface area contributed by atoms with Crippen LogP contribution in [0.3, 0.4) is 0 Å². The molecule has 0 saturated carbocycles. The predicted octanol–water partition coefficient (Wildman–Crippen LogP) is 0.226. The monoisotopic (exact) mass is 302 g/mol. The Hall–Kier alpha value is -1.12. The minimum atomic E-state index is -3.37. The third kappa shape index (κ3) is 3.68. The summed E-state index contributed by atoms with van der Waals surface area (Å²) in [6.07, 6.45) is 0. The zero-order valence-electron chi connectivity index (χ0n) is 11.0. The molecule has 0 unspecified atom stereocenters. The van der Waals surface area contributed by atoms with Gasteiger partial charge in [0, 0.05) is 31.6 Å². The lowest BCUT2D eigenvalue weighted by molar-refractivity contribution is 0.533. The van der Waals surface area contributed by atoms with E-state index in [0.29, 0.717) is 17.3 Å². The summed E-state index contributed by atoms with van der Waals surface area (Å²) in [5.74, 6) is 0.825. The standard InChI is InChI=1S/C11H18N4O2S2/c1-9-3-4-10(18-9)19(16,17)14-6-5-12-11-13-7-8-15(11)2/h3-4,14H,5-8H2,1-2H3,(H,12,13). The molecule has 0 radical (unpaired) electrons. The van der Waals surface area contributed by atoms with Crippen LogP contribution >= 0.6 is 11.3 Å². The van der Waals surface area contributed by atoms with Gasteiger partial charge < -0.3 is 10.2 Å². The number of thiophene rings is 1. The highest BCUT2D eigenvalue weighted by atomic mass is 32.2. The van der Waals surface area contributed by atoms with Gasteiger partial charge in [-0.3, -0.25) is 4.99 Å². The first-order chi connectivity index (χ1) is 8.99. The van der Waals surface area contributed by atoms with Crippen molar-refractivity contribution in [3.8, 4) is 0 Å². The van der Waals surface area contributed by atoms with Crippen molar-refractivity contribution in [1.29, 1.82) is 0 Å². The minimum Gasteiger partial charge on any atom is -0.355 e. The molecule has 0 bridgehead atoms. The van der Waals surface area contributed by atoms with Crippen molar-refractivity contribution in [2.45, 2.75) is 11.1 Å². The maximum Gasteiger partial charge on any atom is 0.250 e. The van der Waals surface area contributed by atoms with E-state index in [9.17, 15) is 8.42 Å². The van der Waals surface area contributed by atoms with Crippen molar-refractivity contribution < 1.29 is 8.42 Å². The number of rotatable bonds is 5. The SMILES string of the molecule is Cc1ccc(S(=O)(=O)NCCNC2=NCCN2C)s1. The Bertz CT molecular complexity index is 565. The number of guanidine groups is 1. The number of hydrogen-bond acceptors (Lipinski definition) is 6. The van der Waals surface area contributed by atoms with Crippen molar-refractivity contribution in [2.24, 2.45) is 4.99 Å². The summed E-state index contributed by atoms with van der Waals surface area (Å²) in [6.45, 7) is 4.44. The Labute approximate surface area is 117 Å². The van der Waals surface area contributed by atoms with Gasteiger partial charge in [0.2, 0.25) is 10.0 Å². The van der Waals surface area contributed by atoms with Crippen LogP contribution in [-0.2, 0) is 10.0 Å². The van der Waals surface area contributed by atoms with E-state index in [4.69, 9.17) is 0 Å². The van der Waals surface area contributed by atoms with Gasteiger partial charge in [0.15, 0.2) is 5.96 Å². The molecule has 0 fully saturated rings. The molecule has 106 valence electrons. The van der Waals surface area contributed by atoms with Crippen molar-refractivity contribution >= 4 is 27.3 Å². The average Bonchev–Trinajstić information content (AvgIpc) is 2.94. The number of sulfonamides is 1. The fourth-order valence-electron chi connectivity index (χ4n) is 1.71. The smallest absolute Gasteiger partial charge is 0.250 e. The van der Waals surface area contributed by atoms with E-state index in [-0.39, 0.29) is 0 Å². The van der Waals surface area contributed by atoms with Crippen LogP contribution in [-0.4, -0.2) is 52.5 Å². The second-order valence-electron chi connectivity index (χ2n) is 4.32. The van der Waals surface area contributed by atoms with Gasteiger partial charge in [0.05, 0.1) is 6.54 Å². The largest absolute Gasteiger partial charge is 0.355 e. The van der Waals surface area contributed by atoms with E-state index >= 15 is 0 Å². The van der Waals surface area contributed by atoms with Crippen LogP contribution in [0.1, 0.15) is 4.88 Å². The van der Waals surface area contributed by atoms with Crippen molar-refractivity contribution in [1.82, 2.24) is 14.9 Å². The molecule has 0 saturated heterocycles. The van der Waals surface area contributed by atoms with Crippen LogP contribution in [0.15, 0.2) is 21.3 Å². The van der Waals surface area contributed by atoms with Gasteiger partial charge in [-0.1, -0.05) is 0 Å². The summed E-state index contributed by atoms with van der Waals surface area (Å²) in [5, 5.41) is 3.11. The van der Waals surface area contributed by atoms with E-state index in [0.717, 1.165) is 23.9 Å². The minimum absolute atomic E-state index is 0.339. The highest BCUT2D eigenvalue weighted by Crippen LogP contribution is 2.19. The summed E-state index contributed by atoms with van der Waals surface area (Å²) in [6, 6.07) is 3.43. The number of aryl methyl sites for hydroxylation is 1. The number of aliphatic imine (C=N–C) groups is 1. The predicted molar refractivity (Wildman–Crippen MR) is 77.2 cm³/mol. The van der Waals surface area contributed by atoms with Gasteiger partial charge >= 0.3 is 0 Å². The molecule has 8 heteroatoms. The molecular formula is C11H18N4O2S2. The molecule has 0 amide bonds. The Morgan fingerprint density at radius 3 is 2.79 bits per heavy atom. The Morgan fingerprint density at radius 2 is 2.21 bits per heavy atom. The van der Waals surface area contributed by atoms with Crippen LogP contribution in [0, 0.1) is 6.92 Å². The topological polar surface area (TPSA) is 73.8 Å². The number of nitrogens with one attached hydrogen (secondary N) is 2. The third-order valence-corrected chi connectivity index (χ3v) is 5.69. The van der Waals surface area contributed by atoms with E-state index in [1.165, 1.54) is 11.3 Å². The summed E-state index contributed by atoms with van der Waals surface area (Å²) in [4.78, 5) is 7.27. The summed E-state index contributed by atoms with van der Waals surface area (Å²) < 4.78 is 26.8. The molecule has 2 rings (SSSR count). The normalized spacial score (nSPS) is 15.7. The Morgan fingerprint density at radius 1 is 1.42 bits per heavy atom.